The number of nitrogens with one attached hydrogen (secondary N) is 3. The second kappa shape index (κ2) is 10.7. The van der Waals surface area contributed by atoms with Crippen molar-refractivity contribution >= 4 is 33.2 Å². The largest absolute Gasteiger partial charge is 0.632 e. The molecule has 11 heteroatoms. The van der Waals surface area contributed by atoms with Gasteiger partial charge >= 0.3 is 0 Å². The first-order valence-corrected chi connectivity index (χ1v) is 13.6. The fraction of sp³-hybridized carbons (Fsp3) is 0.385. The minimum Gasteiger partial charge on any atom is -0.632 e. The van der Waals surface area contributed by atoms with Gasteiger partial charge in [-0.05, 0) is 58.0 Å². The molecule has 0 saturated carbocycles. The quantitative estimate of drug-likeness (QED) is 0.294. The van der Waals surface area contributed by atoms with E-state index in [1.54, 1.807) is 51.2 Å². The van der Waals surface area contributed by atoms with Crippen molar-refractivity contribution in [3.63, 3.8) is 0 Å². The number of sulfonamides is 1. The molecule has 37 heavy (non-hydrogen) atoms. The van der Waals surface area contributed by atoms with E-state index in [9.17, 15) is 13.6 Å². The summed E-state index contributed by atoms with van der Waals surface area (Å²) in [5.74, 6) is 0.942. The second-order valence-corrected chi connectivity index (χ2v) is 12.0. The zero-order valence-electron chi connectivity index (χ0n) is 21.6. The maximum atomic E-state index is 12.8. The van der Waals surface area contributed by atoms with E-state index in [2.05, 4.69) is 25.3 Å². The van der Waals surface area contributed by atoms with Crippen LogP contribution in [0.4, 0.5) is 23.1 Å². The molecule has 2 heterocycles. The van der Waals surface area contributed by atoms with Gasteiger partial charge in [0.2, 0.25) is 16.0 Å². The molecule has 1 aromatic heterocycles. The number of aromatic nitrogens is 2. The van der Waals surface area contributed by atoms with Gasteiger partial charge in [0.1, 0.15) is 25.5 Å². The number of aryl methyl sites for hydroxylation is 1. The van der Waals surface area contributed by atoms with Crippen molar-refractivity contribution in [2.75, 3.05) is 36.9 Å². The number of nitrogens with zero attached hydrogens (tertiary/aromatic N) is 3. The zero-order chi connectivity index (χ0) is 26.7. The average molecular weight is 527 g/mol. The van der Waals surface area contributed by atoms with Gasteiger partial charge in [-0.1, -0.05) is 18.2 Å². The van der Waals surface area contributed by atoms with Gasteiger partial charge in [-0.2, -0.15) is 4.98 Å². The normalized spacial score (nSPS) is 15.8. The molecule has 0 amide bonds. The standard InChI is InChI=1S/C26H34N6O4S/c1-19-17-27-25(29-21-10-8-20(9-11-21)18-32(33)12-14-36-15-13-32)30-24(19)28-22-6-5-7-23(16-22)37(34,35)31-26(2,3)4/h5-11,16-17,31H,12-15,18H2,1-4H3,(H2,27,28,29,30). The SMILES string of the molecule is Cc1cnc(Nc2ccc(C[N+]3([O-])CCOCC3)cc2)nc1Nc1cccc(S(=O)(=O)NC(C)(C)C)c1. The Morgan fingerprint density at radius 2 is 1.73 bits per heavy atom. The Hall–Kier alpha value is -3.09. The number of benzene rings is 2. The zero-order valence-corrected chi connectivity index (χ0v) is 22.4. The van der Waals surface area contributed by atoms with Gasteiger partial charge in [-0.3, -0.25) is 0 Å². The summed E-state index contributed by atoms with van der Waals surface area (Å²) in [5.41, 5.74) is 2.55. The molecule has 0 aliphatic carbocycles. The van der Waals surface area contributed by atoms with Crippen LogP contribution >= 0.6 is 0 Å². The second-order valence-electron chi connectivity index (χ2n) is 10.3. The Morgan fingerprint density at radius 1 is 1.03 bits per heavy atom. The summed E-state index contributed by atoms with van der Waals surface area (Å²) < 4.78 is 33.2. The number of anilines is 4. The van der Waals surface area contributed by atoms with Crippen LogP contribution in [0.5, 0.6) is 0 Å². The number of morpholine rings is 1. The predicted octanol–water partition coefficient (Wildman–Crippen LogP) is 4.19. The van der Waals surface area contributed by atoms with Crippen molar-refractivity contribution in [2.45, 2.75) is 44.7 Å². The lowest BCUT2D eigenvalue weighted by Gasteiger charge is -2.45. The van der Waals surface area contributed by atoms with E-state index in [0.717, 1.165) is 16.8 Å². The highest BCUT2D eigenvalue weighted by Gasteiger charge is 2.23. The molecule has 198 valence electrons. The first-order chi connectivity index (χ1) is 17.4. The number of rotatable bonds is 8. The minimum absolute atomic E-state index is 0.164. The smallest absolute Gasteiger partial charge is 0.241 e. The highest BCUT2D eigenvalue weighted by Crippen LogP contribution is 2.24. The summed E-state index contributed by atoms with van der Waals surface area (Å²) >= 11 is 0. The Kier molecular flexibility index (Phi) is 7.81. The molecule has 2 aromatic carbocycles. The molecular weight excluding hydrogens is 492 g/mol. The molecule has 3 N–H and O–H groups in total. The van der Waals surface area contributed by atoms with Crippen LogP contribution in [-0.4, -0.2) is 54.9 Å². The molecule has 1 aliphatic rings. The molecular formula is C26H34N6O4S. The van der Waals surface area contributed by atoms with Crippen molar-refractivity contribution in [1.82, 2.24) is 14.7 Å². The van der Waals surface area contributed by atoms with E-state index in [0.29, 0.717) is 50.3 Å². The fourth-order valence-electron chi connectivity index (χ4n) is 3.96. The van der Waals surface area contributed by atoms with Crippen molar-refractivity contribution < 1.29 is 17.8 Å². The van der Waals surface area contributed by atoms with Crippen LogP contribution < -0.4 is 15.4 Å². The molecule has 4 rings (SSSR count). The van der Waals surface area contributed by atoms with Gasteiger partial charge in [0.05, 0.1) is 18.1 Å². The van der Waals surface area contributed by atoms with Gasteiger partial charge in [0.25, 0.3) is 0 Å². The highest BCUT2D eigenvalue weighted by molar-refractivity contribution is 7.89. The van der Waals surface area contributed by atoms with Crippen LogP contribution in [0.2, 0.25) is 0 Å². The molecule has 0 spiro atoms. The van der Waals surface area contributed by atoms with Crippen LogP contribution in [0.15, 0.2) is 59.6 Å². The lowest BCUT2D eigenvalue weighted by atomic mass is 10.1. The van der Waals surface area contributed by atoms with E-state index < -0.39 is 15.6 Å². The summed E-state index contributed by atoms with van der Waals surface area (Å²) in [6.45, 7) is 9.61. The number of hydrogen-bond donors (Lipinski definition) is 3. The molecule has 1 saturated heterocycles. The molecule has 10 nitrogen and oxygen atoms in total. The first-order valence-electron chi connectivity index (χ1n) is 12.2. The molecule has 0 radical (unpaired) electrons. The summed E-state index contributed by atoms with van der Waals surface area (Å²) in [4.78, 5) is 9.10. The van der Waals surface area contributed by atoms with Crippen LogP contribution in [0, 0.1) is 12.1 Å². The maximum Gasteiger partial charge on any atom is 0.241 e. The Morgan fingerprint density at radius 3 is 2.41 bits per heavy atom. The van der Waals surface area contributed by atoms with Crippen molar-refractivity contribution in [2.24, 2.45) is 0 Å². The molecule has 3 aromatic rings. The maximum absolute atomic E-state index is 12.8. The van der Waals surface area contributed by atoms with Crippen molar-refractivity contribution in [3.8, 4) is 0 Å². The van der Waals surface area contributed by atoms with Crippen molar-refractivity contribution in [1.29, 1.82) is 0 Å². The first kappa shape index (κ1) is 27.0. The summed E-state index contributed by atoms with van der Waals surface area (Å²) in [6, 6.07) is 14.2. The Labute approximate surface area is 218 Å². The van der Waals surface area contributed by atoms with E-state index in [1.165, 1.54) is 0 Å². The summed E-state index contributed by atoms with van der Waals surface area (Å²) in [7, 11) is -3.67. The minimum atomic E-state index is -3.67. The topological polar surface area (TPSA) is 128 Å². The average Bonchev–Trinajstić information content (AvgIpc) is 2.81. The van der Waals surface area contributed by atoms with E-state index in [1.807, 2.05) is 31.2 Å². The van der Waals surface area contributed by atoms with Crippen LogP contribution in [-0.2, 0) is 21.3 Å². The number of hydroxylamine groups is 3. The number of ether oxygens (including phenoxy) is 1. The third kappa shape index (κ3) is 7.46. The highest BCUT2D eigenvalue weighted by atomic mass is 32.2. The van der Waals surface area contributed by atoms with E-state index >= 15 is 0 Å². The van der Waals surface area contributed by atoms with E-state index in [4.69, 9.17) is 4.74 Å². The summed E-state index contributed by atoms with van der Waals surface area (Å²) in [5, 5.41) is 19.2. The lowest BCUT2D eigenvalue weighted by molar-refractivity contribution is -0.901. The fourth-order valence-corrected chi connectivity index (χ4v) is 5.42. The molecule has 1 fully saturated rings. The molecule has 1 aliphatic heterocycles. The third-order valence-corrected chi connectivity index (χ3v) is 7.54. The predicted molar refractivity (Wildman–Crippen MR) is 144 cm³/mol. The molecule has 0 atom stereocenters. The molecule has 0 unspecified atom stereocenters. The van der Waals surface area contributed by atoms with Gasteiger partial charge in [-0.25, -0.2) is 18.1 Å². The number of hydrogen-bond acceptors (Lipinski definition) is 8. The lowest BCUT2D eigenvalue weighted by Crippen LogP contribution is -2.49. The molecule has 0 bridgehead atoms. The van der Waals surface area contributed by atoms with Crippen LogP contribution in [0.1, 0.15) is 31.9 Å². The van der Waals surface area contributed by atoms with Crippen molar-refractivity contribution in [3.05, 3.63) is 71.1 Å². The Bertz CT molecular complexity index is 1330. The van der Waals surface area contributed by atoms with E-state index in [-0.39, 0.29) is 9.54 Å². The monoisotopic (exact) mass is 526 g/mol. The van der Waals surface area contributed by atoms with Gasteiger partial charge in [-0.15, -0.1) is 0 Å². The number of quaternary nitrogens is 1. The van der Waals surface area contributed by atoms with Gasteiger partial charge in [0.15, 0.2) is 0 Å². The van der Waals surface area contributed by atoms with Crippen LogP contribution in [0.3, 0.4) is 0 Å². The van der Waals surface area contributed by atoms with Crippen LogP contribution in [0.25, 0.3) is 0 Å². The Balaban J connectivity index is 1.46. The van der Waals surface area contributed by atoms with Gasteiger partial charge in [0, 0.05) is 34.2 Å². The van der Waals surface area contributed by atoms with Gasteiger partial charge < -0.3 is 25.2 Å². The third-order valence-electron chi connectivity index (χ3n) is 5.79. The summed E-state index contributed by atoms with van der Waals surface area (Å²) in [6.07, 6.45) is 1.69.